The van der Waals surface area contributed by atoms with E-state index in [0.29, 0.717) is 26.2 Å². The molecule has 0 fully saturated rings. The molecule has 134 valence electrons. The van der Waals surface area contributed by atoms with Crippen molar-refractivity contribution in [2.24, 2.45) is 0 Å². The Morgan fingerprint density at radius 3 is 2.70 bits per heavy atom. The number of hydrogen-bond donors (Lipinski definition) is 2. The van der Waals surface area contributed by atoms with E-state index in [9.17, 15) is 13.6 Å². The molecule has 0 atom stereocenters. The SMILES string of the molecule is COCCNCCNC(=O)c1ncccc1OCC(F)F.Cl.Cl. The van der Waals surface area contributed by atoms with Gasteiger partial charge in [0.05, 0.1) is 6.61 Å². The fraction of sp³-hybridized carbons (Fsp3) is 0.538. The summed E-state index contributed by atoms with van der Waals surface area (Å²) in [5.41, 5.74) is -0.00459. The lowest BCUT2D eigenvalue weighted by Gasteiger charge is -2.10. The number of halogens is 4. The summed E-state index contributed by atoms with van der Waals surface area (Å²) < 4.78 is 34.0. The summed E-state index contributed by atoms with van der Waals surface area (Å²) in [6.45, 7) is 1.44. The Bertz CT molecular complexity index is 443. The number of nitrogens with zero attached hydrogens (tertiary/aromatic N) is 1. The molecule has 6 nitrogen and oxygen atoms in total. The summed E-state index contributed by atoms with van der Waals surface area (Å²) in [4.78, 5) is 15.8. The van der Waals surface area contributed by atoms with Gasteiger partial charge in [0.15, 0.2) is 11.4 Å². The Balaban J connectivity index is 0. The van der Waals surface area contributed by atoms with Crippen LogP contribution in [0.4, 0.5) is 8.78 Å². The van der Waals surface area contributed by atoms with Crippen molar-refractivity contribution < 1.29 is 23.0 Å². The molecule has 2 N–H and O–H groups in total. The van der Waals surface area contributed by atoms with Gasteiger partial charge >= 0.3 is 0 Å². The molecule has 0 aliphatic heterocycles. The normalized spacial score (nSPS) is 9.74. The first-order valence-corrected chi connectivity index (χ1v) is 6.49. The molecule has 0 bridgehead atoms. The molecule has 10 heteroatoms. The molecule has 23 heavy (non-hydrogen) atoms. The third-order valence-corrected chi connectivity index (χ3v) is 2.42. The highest BCUT2D eigenvalue weighted by molar-refractivity contribution is 5.94. The minimum Gasteiger partial charge on any atom is -0.485 e. The Morgan fingerprint density at radius 2 is 2.04 bits per heavy atom. The van der Waals surface area contributed by atoms with Crippen LogP contribution in [0.25, 0.3) is 0 Å². The number of carbonyl (C=O) groups is 1. The van der Waals surface area contributed by atoms with E-state index in [1.54, 1.807) is 7.11 Å². The zero-order chi connectivity index (χ0) is 15.5. The molecule has 1 aromatic rings. The molecule has 1 rings (SSSR count). The molecular formula is C13H21Cl2F2N3O3. The Morgan fingerprint density at radius 1 is 1.30 bits per heavy atom. The maximum atomic E-state index is 12.1. The monoisotopic (exact) mass is 375 g/mol. The zero-order valence-electron chi connectivity index (χ0n) is 12.6. The van der Waals surface area contributed by atoms with Gasteiger partial charge in [-0.05, 0) is 12.1 Å². The van der Waals surface area contributed by atoms with Crippen molar-refractivity contribution in [3.8, 4) is 5.75 Å². The number of nitrogens with one attached hydrogen (secondary N) is 2. The average molecular weight is 376 g/mol. The lowest BCUT2D eigenvalue weighted by Crippen LogP contribution is -2.33. The van der Waals surface area contributed by atoms with Crippen LogP contribution in [0, 0.1) is 0 Å². The molecule has 0 spiro atoms. The highest BCUT2D eigenvalue weighted by Gasteiger charge is 2.14. The molecule has 0 unspecified atom stereocenters. The van der Waals surface area contributed by atoms with Gasteiger partial charge in [0.1, 0.15) is 6.61 Å². The van der Waals surface area contributed by atoms with Gasteiger partial charge in [-0.2, -0.15) is 0 Å². The Labute approximate surface area is 146 Å². The first-order chi connectivity index (χ1) is 10.1. The van der Waals surface area contributed by atoms with Crippen molar-refractivity contribution in [3.63, 3.8) is 0 Å². The van der Waals surface area contributed by atoms with Gasteiger partial charge in [0, 0.05) is 32.9 Å². The van der Waals surface area contributed by atoms with Crippen LogP contribution in [-0.2, 0) is 4.74 Å². The van der Waals surface area contributed by atoms with E-state index >= 15 is 0 Å². The van der Waals surface area contributed by atoms with E-state index in [-0.39, 0.29) is 36.3 Å². The average Bonchev–Trinajstić information content (AvgIpc) is 2.48. The smallest absolute Gasteiger partial charge is 0.273 e. The summed E-state index contributed by atoms with van der Waals surface area (Å²) in [7, 11) is 1.60. The summed E-state index contributed by atoms with van der Waals surface area (Å²) in [5.74, 6) is -0.420. The van der Waals surface area contributed by atoms with Gasteiger partial charge in [-0.3, -0.25) is 4.79 Å². The van der Waals surface area contributed by atoms with Crippen LogP contribution in [0.2, 0.25) is 0 Å². The quantitative estimate of drug-likeness (QED) is 0.606. The molecule has 0 radical (unpaired) electrons. The molecule has 1 heterocycles. The lowest BCUT2D eigenvalue weighted by atomic mass is 10.3. The van der Waals surface area contributed by atoms with Crippen LogP contribution in [-0.4, -0.2) is 57.3 Å². The number of aromatic nitrogens is 1. The molecule has 0 aliphatic carbocycles. The lowest BCUT2D eigenvalue weighted by molar-refractivity contribution is 0.0791. The largest absolute Gasteiger partial charge is 0.485 e. The maximum absolute atomic E-state index is 12.1. The molecular weight excluding hydrogens is 355 g/mol. The number of ether oxygens (including phenoxy) is 2. The minimum absolute atomic E-state index is 0. The van der Waals surface area contributed by atoms with E-state index in [1.807, 2.05) is 0 Å². The predicted octanol–water partition coefficient (Wildman–Crippen LogP) is 1.53. The number of carbonyl (C=O) groups excluding carboxylic acids is 1. The number of amides is 1. The third kappa shape index (κ3) is 10.2. The second kappa shape index (κ2) is 14.4. The summed E-state index contributed by atoms with van der Waals surface area (Å²) in [6.07, 6.45) is -1.20. The van der Waals surface area contributed by atoms with E-state index < -0.39 is 18.9 Å². The topological polar surface area (TPSA) is 72.5 Å². The van der Waals surface area contributed by atoms with Crippen LogP contribution in [0.3, 0.4) is 0 Å². The van der Waals surface area contributed by atoms with E-state index in [0.717, 1.165) is 0 Å². The standard InChI is InChI=1S/C13H19F2N3O3.2ClH/c1-20-8-7-16-5-6-18-13(19)12-10(3-2-4-17-12)21-9-11(14)15;;/h2-4,11,16H,5-9H2,1H3,(H,18,19);2*1H. The number of rotatable bonds is 10. The first-order valence-electron chi connectivity index (χ1n) is 6.49. The molecule has 1 aromatic heterocycles. The Kier molecular flexibility index (Phi) is 15.0. The fourth-order valence-corrected chi connectivity index (χ4v) is 1.48. The van der Waals surface area contributed by atoms with Crippen LogP contribution in [0.5, 0.6) is 5.75 Å². The molecule has 0 aromatic carbocycles. The molecule has 0 aliphatic rings. The summed E-state index contributed by atoms with van der Waals surface area (Å²) in [6, 6.07) is 2.95. The predicted molar refractivity (Wildman–Crippen MR) is 87.3 cm³/mol. The molecule has 0 saturated carbocycles. The summed E-state index contributed by atoms with van der Waals surface area (Å²) in [5, 5.41) is 5.69. The van der Waals surface area contributed by atoms with Gasteiger partial charge in [-0.15, -0.1) is 24.8 Å². The van der Waals surface area contributed by atoms with E-state index in [4.69, 9.17) is 9.47 Å². The number of hydrogen-bond acceptors (Lipinski definition) is 5. The fourth-order valence-electron chi connectivity index (χ4n) is 1.48. The van der Waals surface area contributed by atoms with Crippen LogP contribution in [0.1, 0.15) is 10.5 Å². The van der Waals surface area contributed by atoms with Crippen molar-refractivity contribution in [2.45, 2.75) is 6.43 Å². The highest BCUT2D eigenvalue weighted by Crippen LogP contribution is 2.15. The van der Waals surface area contributed by atoms with Crippen molar-refractivity contribution in [2.75, 3.05) is 40.0 Å². The van der Waals surface area contributed by atoms with Gasteiger partial charge in [0.2, 0.25) is 0 Å². The van der Waals surface area contributed by atoms with Gasteiger partial charge < -0.3 is 20.1 Å². The van der Waals surface area contributed by atoms with Crippen molar-refractivity contribution in [1.29, 1.82) is 0 Å². The van der Waals surface area contributed by atoms with Crippen molar-refractivity contribution >= 4 is 30.7 Å². The van der Waals surface area contributed by atoms with Gasteiger partial charge in [0.25, 0.3) is 12.3 Å². The second-order valence-corrected chi connectivity index (χ2v) is 4.05. The van der Waals surface area contributed by atoms with E-state index in [1.165, 1.54) is 18.3 Å². The third-order valence-electron chi connectivity index (χ3n) is 2.42. The second-order valence-electron chi connectivity index (χ2n) is 4.05. The Hall–Kier alpha value is -1.22. The maximum Gasteiger partial charge on any atom is 0.273 e. The van der Waals surface area contributed by atoms with Crippen molar-refractivity contribution in [1.82, 2.24) is 15.6 Å². The number of pyridine rings is 1. The first kappa shape index (κ1) is 24.0. The number of methoxy groups -OCH3 is 1. The highest BCUT2D eigenvalue weighted by atomic mass is 35.5. The summed E-state index contributed by atoms with van der Waals surface area (Å²) >= 11 is 0. The van der Waals surface area contributed by atoms with Crippen molar-refractivity contribution in [3.05, 3.63) is 24.0 Å². The van der Waals surface area contributed by atoms with Gasteiger partial charge in [-0.25, -0.2) is 13.8 Å². The van der Waals surface area contributed by atoms with Gasteiger partial charge in [-0.1, -0.05) is 0 Å². The van der Waals surface area contributed by atoms with E-state index in [2.05, 4.69) is 15.6 Å². The minimum atomic E-state index is -2.61. The zero-order valence-corrected chi connectivity index (χ0v) is 14.2. The van der Waals surface area contributed by atoms with Crippen LogP contribution >= 0.6 is 24.8 Å². The number of alkyl halides is 2. The molecule has 0 saturated heterocycles. The van der Waals surface area contributed by atoms with Crippen LogP contribution in [0.15, 0.2) is 18.3 Å². The van der Waals surface area contributed by atoms with Crippen LogP contribution < -0.4 is 15.4 Å². The molecule has 1 amide bonds.